The predicted molar refractivity (Wildman–Crippen MR) is 158 cm³/mol. The molecule has 2 amide bonds. The van der Waals surface area contributed by atoms with Gasteiger partial charge in [-0.25, -0.2) is 9.69 Å². The zero-order valence-electron chi connectivity index (χ0n) is 22.3. The molecule has 4 aromatic carbocycles. The van der Waals surface area contributed by atoms with Crippen LogP contribution in [0.3, 0.4) is 0 Å². The minimum absolute atomic E-state index is 0.0153. The molecule has 2 atom stereocenters. The maximum absolute atomic E-state index is 14.3. The maximum Gasteiger partial charge on any atom is 0.340 e. The number of halogens is 1. The third kappa shape index (κ3) is 3.82. The molecule has 43 heavy (non-hydrogen) atoms. The Hall–Kier alpha value is -4.96. The highest BCUT2D eigenvalue weighted by molar-refractivity contribution is 9.09. The predicted octanol–water partition coefficient (Wildman–Crippen LogP) is 5.54. The Bertz CT molecular complexity index is 1860. The number of para-hydroxylation sites is 1. The van der Waals surface area contributed by atoms with Crippen LogP contribution in [-0.2, 0) is 18.7 Å². The summed E-state index contributed by atoms with van der Waals surface area (Å²) in [5, 5.41) is 11.1. The van der Waals surface area contributed by atoms with Crippen LogP contribution < -0.4 is 4.90 Å². The standard InChI is InChI=1S/C33H21BrN2O7/c34-33-23-13-4-1-10-20(23)27(21-11-2-5-14-24(21)33)28-29(33)31(39)35(30(28)38)25-15-6-3-12-22(25)32(40)43-17-26(37)18-8-7-9-19(16-18)36(41)42/h1-16,27-29H,17H2/t27?,28-,29-,33?/m1/s1. The Morgan fingerprint density at radius 3 is 2.16 bits per heavy atom. The highest BCUT2D eigenvalue weighted by Crippen LogP contribution is 2.66. The molecule has 1 heterocycles. The average Bonchev–Trinajstić information content (AvgIpc) is 3.30. The number of hydrogen-bond donors (Lipinski definition) is 0. The summed E-state index contributed by atoms with van der Waals surface area (Å²) in [4.78, 5) is 66.0. The van der Waals surface area contributed by atoms with Crippen molar-refractivity contribution in [1.29, 1.82) is 0 Å². The van der Waals surface area contributed by atoms with Crippen molar-refractivity contribution in [2.75, 3.05) is 11.5 Å². The van der Waals surface area contributed by atoms with Gasteiger partial charge in [0.25, 0.3) is 5.69 Å². The summed E-state index contributed by atoms with van der Waals surface area (Å²) < 4.78 is 4.35. The maximum atomic E-state index is 14.3. The zero-order valence-corrected chi connectivity index (χ0v) is 23.9. The molecular weight excluding hydrogens is 616 g/mol. The van der Waals surface area contributed by atoms with Crippen LogP contribution in [0.4, 0.5) is 11.4 Å². The third-order valence-electron chi connectivity index (χ3n) is 8.59. The lowest BCUT2D eigenvalue weighted by molar-refractivity contribution is -0.384. The van der Waals surface area contributed by atoms with Crippen molar-refractivity contribution in [3.8, 4) is 0 Å². The highest BCUT2D eigenvalue weighted by Gasteiger charge is 2.67. The van der Waals surface area contributed by atoms with Crippen molar-refractivity contribution in [3.05, 3.63) is 141 Å². The number of nitro groups is 1. The van der Waals surface area contributed by atoms with Gasteiger partial charge in [-0.2, -0.15) is 0 Å². The lowest BCUT2D eigenvalue weighted by atomic mass is 9.55. The number of ketones is 1. The molecule has 1 fully saturated rings. The summed E-state index contributed by atoms with van der Waals surface area (Å²) in [5.74, 6) is -4.19. The van der Waals surface area contributed by atoms with Gasteiger partial charge in [-0.05, 0) is 34.4 Å². The van der Waals surface area contributed by atoms with Crippen molar-refractivity contribution in [1.82, 2.24) is 0 Å². The first-order valence-electron chi connectivity index (χ1n) is 13.5. The number of benzene rings is 4. The molecule has 8 rings (SSSR count). The number of carbonyl (C=O) groups excluding carboxylic acids is 4. The van der Waals surface area contributed by atoms with Crippen LogP contribution in [0.25, 0.3) is 0 Å². The molecule has 0 saturated carbocycles. The number of anilines is 1. The Balaban J connectivity index is 1.22. The Kier molecular flexibility index (Phi) is 6.14. The van der Waals surface area contributed by atoms with E-state index in [2.05, 4.69) is 15.9 Å². The minimum Gasteiger partial charge on any atom is -0.454 e. The van der Waals surface area contributed by atoms with E-state index in [9.17, 15) is 29.3 Å². The highest BCUT2D eigenvalue weighted by atomic mass is 79.9. The fraction of sp³-hybridized carbons (Fsp3) is 0.152. The largest absolute Gasteiger partial charge is 0.454 e. The zero-order chi connectivity index (χ0) is 30.0. The molecular formula is C33H21BrN2O7. The molecule has 4 aromatic rings. The number of imide groups is 1. The van der Waals surface area contributed by atoms with E-state index in [0.29, 0.717) is 0 Å². The number of Topliss-reactive ketones (excluding diaryl/α,β-unsaturated/α-hetero) is 1. The van der Waals surface area contributed by atoms with Crippen molar-refractivity contribution >= 4 is 50.9 Å². The number of nitrogens with zero attached hydrogens (tertiary/aromatic N) is 2. The quantitative estimate of drug-likeness (QED) is 0.0680. The van der Waals surface area contributed by atoms with Gasteiger partial charge in [-0.1, -0.05) is 88.7 Å². The number of nitro benzene ring substituents is 1. The van der Waals surface area contributed by atoms with Crippen LogP contribution in [0.15, 0.2) is 97.1 Å². The molecule has 9 nitrogen and oxygen atoms in total. The second-order valence-electron chi connectivity index (χ2n) is 10.7. The van der Waals surface area contributed by atoms with Gasteiger partial charge in [0, 0.05) is 23.6 Å². The molecule has 0 N–H and O–H groups in total. The number of hydrogen-bond acceptors (Lipinski definition) is 7. The number of non-ortho nitro benzene ring substituents is 1. The first-order chi connectivity index (χ1) is 20.7. The van der Waals surface area contributed by atoms with Gasteiger partial charge in [0.05, 0.1) is 32.3 Å². The Morgan fingerprint density at radius 1 is 0.860 bits per heavy atom. The Labute approximate surface area is 253 Å². The van der Waals surface area contributed by atoms with E-state index in [1.807, 2.05) is 48.5 Å². The van der Waals surface area contributed by atoms with Crippen LogP contribution in [0.2, 0.25) is 0 Å². The van der Waals surface area contributed by atoms with Gasteiger partial charge in [-0.3, -0.25) is 24.5 Å². The summed E-state index contributed by atoms with van der Waals surface area (Å²) in [6, 6.07) is 26.9. The summed E-state index contributed by atoms with van der Waals surface area (Å²) >= 11 is 3.96. The SMILES string of the molecule is O=C(COC(=O)c1ccccc1N1C(=O)[C@@H]2C3c4ccccc4C(Br)(c4ccccc43)[C@H]2C1=O)c1cccc([N+](=O)[O-])c1. The number of amides is 2. The van der Waals surface area contributed by atoms with E-state index >= 15 is 0 Å². The van der Waals surface area contributed by atoms with Crippen molar-refractivity contribution in [3.63, 3.8) is 0 Å². The van der Waals surface area contributed by atoms with Crippen LogP contribution in [-0.4, -0.2) is 35.1 Å². The van der Waals surface area contributed by atoms with Crippen molar-refractivity contribution < 1.29 is 28.8 Å². The average molecular weight is 637 g/mol. The number of carbonyl (C=O) groups is 4. The first kappa shape index (κ1) is 26.9. The normalized spacial score (nSPS) is 22.9. The molecule has 4 aliphatic rings. The fourth-order valence-electron chi connectivity index (χ4n) is 6.84. The molecule has 0 spiro atoms. The number of ether oxygens (including phenoxy) is 1. The van der Waals surface area contributed by atoms with E-state index in [1.165, 1.54) is 30.3 Å². The molecule has 0 aromatic heterocycles. The van der Waals surface area contributed by atoms with Gasteiger partial charge in [0.15, 0.2) is 6.61 Å². The summed E-state index contributed by atoms with van der Waals surface area (Å²) in [7, 11) is 0. The fourth-order valence-corrected chi connectivity index (χ4v) is 8.05. The van der Waals surface area contributed by atoms with Gasteiger partial charge in [0.1, 0.15) is 0 Å². The summed E-state index contributed by atoms with van der Waals surface area (Å²) in [5.41, 5.74) is 3.61. The molecule has 2 bridgehead atoms. The first-order valence-corrected chi connectivity index (χ1v) is 14.3. The van der Waals surface area contributed by atoms with Gasteiger partial charge in [-0.15, -0.1) is 0 Å². The topological polar surface area (TPSA) is 124 Å². The van der Waals surface area contributed by atoms with Crippen LogP contribution in [0, 0.1) is 22.0 Å². The Morgan fingerprint density at radius 2 is 1.49 bits per heavy atom. The van der Waals surface area contributed by atoms with Crippen molar-refractivity contribution in [2.45, 2.75) is 10.2 Å². The van der Waals surface area contributed by atoms with E-state index in [0.717, 1.165) is 33.2 Å². The summed E-state index contributed by atoms with van der Waals surface area (Å²) in [6.45, 7) is -0.682. The van der Waals surface area contributed by atoms with Gasteiger partial charge < -0.3 is 4.74 Å². The summed E-state index contributed by atoms with van der Waals surface area (Å²) in [6.07, 6.45) is 0. The van der Waals surface area contributed by atoms with Crippen LogP contribution in [0.1, 0.15) is 48.9 Å². The van der Waals surface area contributed by atoms with Crippen molar-refractivity contribution in [2.24, 2.45) is 11.8 Å². The molecule has 10 heteroatoms. The number of rotatable bonds is 6. The number of esters is 1. The van der Waals surface area contributed by atoms with Gasteiger partial charge in [0.2, 0.25) is 17.6 Å². The molecule has 0 unspecified atom stereocenters. The second kappa shape index (κ2) is 9.81. The molecule has 1 saturated heterocycles. The molecule has 0 radical (unpaired) electrons. The van der Waals surface area contributed by atoms with E-state index in [4.69, 9.17) is 4.74 Å². The monoisotopic (exact) mass is 636 g/mol. The van der Waals surface area contributed by atoms with Gasteiger partial charge >= 0.3 is 5.97 Å². The third-order valence-corrected chi connectivity index (χ3v) is 9.94. The second-order valence-corrected chi connectivity index (χ2v) is 12.0. The molecule has 3 aliphatic carbocycles. The number of alkyl halides is 1. The minimum atomic E-state index is -0.943. The van der Waals surface area contributed by atoms with E-state index in [1.54, 1.807) is 12.1 Å². The lowest BCUT2D eigenvalue weighted by Crippen LogP contribution is -2.50. The van der Waals surface area contributed by atoms with E-state index in [-0.39, 0.29) is 28.4 Å². The van der Waals surface area contributed by atoms with Crippen LogP contribution in [0.5, 0.6) is 0 Å². The lowest BCUT2D eigenvalue weighted by Gasteiger charge is -2.51. The van der Waals surface area contributed by atoms with E-state index < -0.39 is 51.3 Å². The van der Waals surface area contributed by atoms with Crippen LogP contribution >= 0.6 is 15.9 Å². The molecule has 1 aliphatic heterocycles. The molecule has 212 valence electrons. The smallest absolute Gasteiger partial charge is 0.340 e.